The average Bonchev–Trinajstić information content (AvgIpc) is 2.61. The molecular formula is C15H14N4O6S. The summed E-state index contributed by atoms with van der Waals surface area (Å²) in [4.78, 5) is 12.7. The smallest absolute Gasteiger partial charge is 0.332 e. The number of hydrogen-bond acceptors (Lipinski definition) is 7. The van der Waals surface area contributed by atoms with Gasteiger partial charge in [-0.25, -0.2) is 0 Å². The van der Waals surface area contributed by atoms with Crippen LogP contribution in [-0.4, -0.2) is 19.9 Å². The number of azide groups is 1. The maximum absolute atomic E-state index is 12.2. The van der Waals surface area contributed by atoms with Gasteiger partial charge in [-0.05, 0) is 48.4 Å². The lowest BCUT2D eigenvalue weighted by Gasteiger charge is -2.10. The molecule has 0 fully saturated rings. The minimum atomic E-state index is -4.30. The molecule has 0 amide bonds. The van der Waals surface area contributed by atoms with Crippen molar-refractivity contribution in [3.05, 3.63) is 63.0 Å². The topological polar surface area (TPSA) is 144 Å². The maximum Gasteiger partial charge on any atom is 0.332 e. The number of hydrogen-bond donors (Lipinski definition) is 0. The van der Waals surface area contributed by atoms with Gasteiger partial charge < -0.3 is 4.74 Å². The molecule has 0 N–H and O–H groups in total. The summed E-state index contributed by atoms with van der Waals surface area (Å²) in [6.45, 7) is 1.62. The van der Waals surface area contributed by atoms with E-state index in [-0.39, 0.29) is 18.1 Å². The summed E-state index contributed by atoms with van der Waals surface area (Å²) < 4.78 is 34.6. The van der Waals surface area contributed by atoms with Crippen molar-refractivity contribution in [2.45, 2.75) is 18.2 Å². The van der Waals surface area contributed by atoms with Crippen LogP contribution in [0.15, 0.2) is 52.5 Å². The van der Waals surface area contributed by atoms with Crippen molar-refractivity contribution in [1.29, 1.82) is 0 Å². The second kappa shape index (κ2) is 8.30. The number of nitro groups is 1. The van der Waals surface area contributed by atoms with Gasteiger partial charge in [0.25, 0.3) is 0 Å². The van der Waals surface area contributed by atoms with Crippen molar-refractivity contribution >= 4 is 21.5 Å². The van der Waals surface area contributed by atoms with E-state index in [0.717, 1.165) is 6.07 Å². The lowest BCUT2D eigenvalue weighted by atomic mass is 10.3. The van der Waals surface area contributed by atoms with E-state index in [0.29, 0.717) is 12.1 Å². The van der Waals surface area contributed by atoms with E-state index in [1.54, 1.807) is 6.92 Å². The highest BCUT2D eigenvalue weighted by Gasteiger charge is 2.31. The Morgan fingerprint density at radius 3 is 2.50 bits per heavy atom. The monoisotopic (exact) mass is 378 g/mol. The fraction of sp³-hybridized carbons (Fsp3) is 0.200. The molecule has 0 atom stereocenters. The van der Waals surface area contributed by atoms with E-state index in [2.05, 4.69) is 10.0 Å². The zero-order valence-electron chi connectivity index (χ0n) is 13.6. The summed E-state index contributed by atoms with van der Waals surface area (Å²) in [5.74, 6) is -0.0540. The third-order valence-electron chi connectivity index (χ3n) is 3.08. The Hall–Kier alpha value is -3.14. The van der Waals surface area contributed by atoms with Crippen molar-refractivity contribution in [1.82, 2.24) is 0 Å². The minimum absolute atomic E-state index is 0.0918. The first-order chi connectivity index (χ1) is 12.4. The van der Waals surface area contributed by atoms with Crippen molar-refractivity contribution < 1.29 is 22.3 Å². The molecule has 0 aliphatic carbocycles. The van der Waals surface area contributed by atoms with Crippen LogP contribution in [0.1, 0.15) is 13.3 Å². The quantitative estimate of drug-likeness (QED) is 0.166. The Labute approximate surface area is 148 Å². The summed E-state index contributed by atoms with van der Waals surface area (Å²) in [5, 5.41) is 14.8. The van der Waals surface area contributed by atoms with Gasteiger partial charge in [0.1, 0.15) is 5.75 Å². The molecule has 11 heteroatoms. The van der Waals surface area contributed by atoms with Crippen LogP contribution in [0.25, 0.3) is 10.4 Å². The molecule has 136 valence electrons. The lowest BCUT2D eigenvalue weighted by Crippen LogP contribution is -2.10. The first-order valence-electron chi connectivity index (χ1n) is 7.39. The van der Waals surface area contributed by atoms with E-state index < -0.39 is 25.6 Å². The second-order valence-electron chi connectivity index (χ2n) is 4.92. The fourth-order valence-electron chi connectivity index (χ4n) is 1.98. The molecule has 2 rings (SSSR count). The summed E-state index contributed by atoms with van der Waals surface area (Å²) in [7, 11) is -4.30. The van der Waals surface area contributed by atoms with Gasteiger partial charge in [-0.15, -0.1) is 0 Å². The molecule has 0 saturated heterocycles. The summed E-state index contributed by atoms with van der Waals surface area (Å²) in [6, 6.07) is 9.45. The Morgan fingerprint density at radius 2 is 1.92 bits per heavy atom. The summed E-state index contributed by atoms with van der Waals surface area (Å²) >= 11 is 0. The first kappa shape index (κ1) is 19.2. The van der Waals surface area contributed by atoms with Gasteiger partial charge in [-0.3, -0.25) is 14.3 Å². The van der Waals surface area contributed by atoms with Gasteiger partial charge in [0.05, 0.1) is 11.5 Å². The standard InChI is InChI=1S/C15H14N4O6S/c1-2-10-24-26(22,23)14-5-3-4-13(15(14)19(20)21)25-12-8-6-11(7-9-12)17-18-16/h3-9H,2,10H2,1H3. The Morgan fingerprint density at radius 1 is 1.23 bits per heavy atom. The highest BCUT2D eigenvalue weighted by Crippen LogP contribution is 2.37. The van der Waals surface area contributed by atoms with Crippen molar-refractivity contribution in [2.24, 2.45) is 5.11 Å². The normalized spacial score (nSPS) is 10.8. The summed E-state index contributed by atoms with van der Waals surface area (Å²) in [6.07, 6.45) is 0.431. The molecule has 0 aromatic heterocycles. The molecule has 10 nitrogen and oxygen atoms in total. The fourth-order valence-corrected chi connectivity index (χ4v) is 3.15. The molecular weight excluding hydrogens is 364 g/mol. The van der Waals surface area contributed by atoms with Crippen LogP contribution < -0.4 is 4.74 Å². The molecule has 0 spiro atoms. The van der Waals surface area contributed by atoms with Gasteiger partial charge >= 0.3 is 15.8 Å². The van der Waals surface area contributed by atoms with E-state index in [9.17, 15) is 18.5 Å². The molecule has 0 radical (unpaired) electrons. The van der Waals surface area contributed by atoms with Crippen LogP contribution in [0.4, 0.5) is 11.4 Å². The Balaban J connectivity index is 2.44. The van der Waals surface area contributed by atoms with Gasteiger partial charge in [0.15, 0.2) is 4.90 Å². The molecule has 2 aromatic rings. The van der Waals surface area contributed by atoms with E-state index in [1.165, 1.54) is 36.4 Å². The number of nitrogens with zero attached hydrogens (tertiary/aromatic N) is 4. The molecule has 0 heterocycles. The van der Waals surface area contributed by atoms with Gasteiger partial charge in [-0.1, -0.05) is 18.1 Å². The molecule has 0 saturated carbocycles. The highest BCUT2D eigenvalue weighted by atomic mass is 32.2. The van der Waals surface area contributed by atoms with Gasteiger partial charge in [0, 0.05) is 10.6 Å². The first-order valence-corrected chi connectivity index (χ1v) is 8.79. The Bertz CT molecular complexity index is 953. The molecule has 0 bridgehead atoms. The van der Waals surface area contributed by atoms with E-state index in [4.69, 9.17) is 14.5 Å². The van der Waals surface area contributed by atoms with E-state index in [1.807, 2.05) is 0 Å². The van der Waals surface area contributed by atoms with Gasteiger partial charge in [-0.2, -0.15) is 8.42 Å². The molecule has 2 aromatic carbocycles. The number of rotatable bonds is 8. The zero-order valence-corrected chi connectivity index (χ0v) is 14.4. The van der Waals surface area contributed by atoms with Crippen LogP contribution >= 0.6 is 0 Å². The number of nitro benzene ring substituents is 1. The van der Waals surface area contributed by atoms with Crippen LogP contribution in [-0.2, 0) is 14.3 Å². The molecule has 0 aliphatic rings. The summed E-state index contributed by atoms with van der Waals surface area (Å²) in [5.41, 5.74) is 7.99. The third-order valence-corrected chi connectivity index (χ3v) is 4.43. The number of ether oxygens (including phenoxy) is 1. The third kappa shape index (κ3) is 4.48. The molecule has 26 heavy (non-hydrogen) atoms. The maximum atomic E-state index is 12.2. The van der Waals surface area contributed by atoms with Gasteiger partial charge in [0.2, 0.25) is 5.75 Å². The van der Waals surface area contributed by atoms with Crippen molar-refractivity contribution in [3.63, 3.8) is 0 Å². The number of benzene rings is 2. The van der Waals surface area contributed by atoms with Crippen molar-refractivity contribution in [2.75, 3.05) is 6.61 Å². The van der Waals surface area contributed by atoms with Crippen LogP contribution in [0.5, 0.6) is 11.5 Å². The molecule has 0 unspecified atom stereocenters. The molecule has 0 aliphatic heterocycles. The predicted molar refractivity (Wildman–Crippen MR) is 91.8 cm³/mol. The second-order valence-corrected chi connectivity index (χ2v) is 6.51. The Kier molecular flexibility index (Phi) is 6.12. The SMILES string of the molecule is CCCOS(=O)(=O)c1cccc(Oc2ccc(N=[N+]=[N-])cc2)c1[N+](=O)[O-]. The largest absolute Gasteiger partial charge is 0.450 e. The average molecular weight is 378 g/mol. The predicted octanol–water partition coefficient (Wildman–Crippen LogP) is 4.44. The lowest BCUT2D eigenvalue weighted by molar-refractivity contribution is -0.388. The highest BCUT2D eigenvalue weighted by molar-refractivity contribution is 7.87. The minimum Gasteiger partial charge on any atom is -0.450 e. The van der Waals surface area contributed by atoms with Crippen LogP contribution in [0, 0.1) is 10.1 Å². The van der Waals surface area contributed by atoms with Crippen LogP contribution in [0.2, 0.25) is 0 Å². The number of para-hydroxylation sites is 1. The van der Waals surface area contributed by atoms with E-state index >= 15 is 0 Å². The zero-order chi connectivity index (χ0) is 19.2. The van der Waals surface area contributed by atoms with Crippen LogP contribution in [0.3, 0.4) is 0 Å². The van der Waals surface area contributed by atoms with Crippen molar-refractivity contribution in [3.8, 4) is 11.5 Å².